The van der Waals surface area contributed by atoms with E-state index >= 15 is 0 Å². The summed E-state index contributed by atoms with van der Waals surface area (Å²) in [6.07, 6.45) is -1.43. The Balaban J connectivity index is 1.46. The summed E-state index contributed by atoms with van der Waals surface area (Å²) in [4.78, 5) is 16.8. The van der Waals surface area contributed by atoms with Crippen molar-refractivity contribution in [1.82, 2.24) is 19.9 Å². The van der Waals surface area contributed by atoms with Crippen molar-refractivity contribution in [3.05, 3.63) is 71.9 Å². The van der Waals surface area contributed by atoms with Gasteiger partial charge in [-0.25, -0.2) is 4.52 Å². The molecule has 0 spiro atoms. The van der Waals surface area contributed by atoms with Crippen LogP contribution in [-0.2, 0) is 6.18 Å². The molecule has 34 heavy (non-hydrogen) atoms. The molecule has 7 nitrogen and oxygen atoms in total. The number of carbonyl (C=O) groups excluding carboxylic acids is 1. The van der Waals surface area contributed by atoms with E-state index in [9.17, 15) is 18.0 Å². The van der Waals surface area contributed by atoms with E-state index in [0.717, 1.165) is 30.0 Å². The number of aromatic nitrogens is 3. The lowest BCUT2D eigenvalue weighted by Crippen LogP contribution is -2.28. The number of nitrogens with zero attached hydrogens (tertiary/aromatic N) is 3. The Morgan fingerprint density at radius 2 is 1.88 bits per heavy atom. The first-order chi connectivity index (χ1) is 16.3. The molecule has 2 N–H and O–H groups in total. The number of carbonyl (C=O) groups is 1. The second-order valence-electron chi connectivity index (χ2n) is 7.98. The summed E-state index contributed by atoms with van der Waals surface area (Å²) in [7, 11) is 1.59. The number of benzene rings is 2. The quantitative estimate of drug-likeness (QED) is 0.414. The summed E-state index contributed by atoms with van der Waals surface area (Å²) < 4.78 is 47.8. The number of halogens is 3. The fraction of sp³-hybridized carbons (Fsp3) is 0.208. The van der Waals surface area contributed by atoms with Gasteiger partial charge >= 0.3 is 6.18 Å². The van der Waals surface area contributed by atoms with Crippen LogP contribution < -0.4 is 15.4 Å². The molecule has 10 heteroatoms. The van der Waals surface area contributed by atoms with Crippen LogP contribution in [0, 0.1) is 0 Å². The van der Waals surface area contributed by atoms with Gasteiger partial charge in [0.15, 0.2) is 5.65 Å². The van der Waals surface area contributed by atoms with E-state index < -0.39 is 23.2 Å². The standard InChI is InChI=1S/C24H20F3N5O2/c1-34-17-9-4-14(5-10-17)18-3-2-12-32-21(18)30-23(31-32)29-16-8-11-19(20(13-16)24(25,26)27)22(33)28-15-6-7-15/h2-5,8-13,15H,6-7H2,1H3,(H,28,33)(H,29,31). The maximum Gasteiger partial charge on any atom is 0.417 e. The van der Waals surface area contributed by atoms with Crippen molar-refractivity contribution in [3.63, 3.8) is 0 Å². The van der Waals surface area contributed by atoms with E-state index in [2.05, 4.69) is 20.7 Å². The van der Waals surface area contributed by atoms with Crippen LogP contribution in [0.15, 0.2) is 60.8 Å². The average molecular weight is 467 g/mol. The molecule has 0 saturated heterocycles. The van der Waals surface area contributed by atoms with Crippen LogP contribution in [0.5, 0.6) is 5.75 Å². The Morgan fingerprint density at radius 3 is 2.56 bits per heavy atom. The summed E-state index contributed by atoms with van der Waals surface area (Å²) >= 11 is 0. The normalized spacial score (nSPS) is 13.6. The van der Waals surface area contributed by atoms with Crippen molar-refractivity contribution in [2.45, 2.75) is 25.1 Å². The minimum atomic E-state index is -4.69. The van der Waals surface area contributed by atoms with Crippen molar-refractivity contribution < 1.29 is 22.7 Å². The number of anilines is 2. The molecule has 1 saturated carbocycles. The van der Waals surface area contributed by atoms with Crippen LogP contribution >= 0.6 is 0 Å². The summed E-state index contributed by atoms with van der Waals surface area (Å²) in [5.41, 5.74) is 0.918. The van der Waals surface area contributed by atoms with Crippen molar-refractivity contribution in [3.8, 4) is 16.9 Å². The Morgan fingerprint density at radius 1 is 1.12 bits per heavy atom. The van der Waals surface area contributed by atoms with Gasteiger partial charge in [0.1, 0.15) is 5.75 Å². The topological polar surface area (TPSA) is 80.5 Å². The highest BCUT2D eigenvalue weighted by Crippen LogP contribution is 2.35. The smallest absolute Gasteiger partial charge is 0.417 e. The van der Waals surface area contributed by atoms with E-state index in [4.69, 9.17) is 4.74 Å². The third kappa shape index (κ3) is 4.39. The summed E-state index contributed by atoms with van der Waals surface area (Å²) in [6.45, 7) is 0. The zero-order chi connectivity index (χ0) is 23.9. The highest BCUT2D eigenvalue weighted by molar-refractivity contribution is 5.96. The molecular weight excluding hydrogens is 447 g/mol. The third-order valence-corrected chi connectivity index (χ3v) is 5.50. The number of alkyl halides is 3. The first kappa shape index (κ1) is 21.7. The molecule has 0 aliphatic heterocycles. The molecule has 1 aliphatic rings. The number of nitrogens with one attached hydrogen (secondary N) is 2. The van der Waals surface area contributed by atoms with E-state index in [1.54, 1.807) is 23.9 Å². The number of hydrogen-bond acceptors (Lipinski definition) is 5. The zero-order valence-corrected chi connectivity index (χ0v) is 18.1. The largest absolute Gasteiger partial charge is 0.497 e. The van der Waals surface area contributed by atoms with Crippen LogP contribution in [0.4, 0.5) is 24.8 Å². The van der Waals surface area contributed by atoms with Gasteiger partial charge in [0.25, 0.3) is 5.91 Å². The Kier molecular flexibility index (Phi) is 5.35. The summed E-state index contributed by atoms with van der Waals surface area (Å²) in [5.74, 6) is 0.120. The minimum absolute atomic E-state index is 0.0477. The minimum Gasteiger partial charge on any atom is -0.497 e. The van der Waals surface area contributed by atoms with Crippen molar-refractivity contribution in [1.29, 1.82) is 0 Å². The Bertz CT molecular complexity index is 1360. The number of ether oxygens (including phenoxy) is 1. The molecule has 1 amide bonds. The number of rotatable bonds is 6. The zero-order valence-electron chi connectivity index (χ0n) is 18.1. The number of hydrogen-bond donors (Lipinski definition) is 2. The molecule has 1 aliphatic carbocycles. The third-order valence-electron chi connectivity index (χ3n) is 5.50. The lowest BCUT2D eigenvalue weighted by Gasteiger charge is -2.14. The van der Waals surface area contributed by atoms with Gasteiger partial charge in [-0.2, -0.15) is 18.2 Å². The highest BCUT2D eigenvalue weighted by Gasteiger charge is 2.36. The number of fused-ring (bicyclic) bond motifs is 1. The highest BCUT2D eigenvalue weighted by atomic mass is 19.4. The van der Waals surface area contributed by atoms with Crippen molar-refractivity contribution in [2.24, 2.45) is 0 Å². The average Bonchev–Trinajstić information content (AvgIpc) is 3.54. The molecule has 0 radical (unpaired) electrons. The molecule has 0 unspecified atom stereocenters. The predicted octanol–water partition coefficient (Wildman–Crippen LogP) is 5.06. The van der Waals surface area contributed by atoms with Gasteiger partial charge in [-0.15, -0.1) is 5.10 Å². The van der Waals surface area contributed by atoms with Gasteiger partial charge in [-0.1, -0.05) is 12.1 Å². The number of amides is 1. The Hall–Kier alpha value is -4.08. The van der Waals surface area contributed by atoms with Crippen LogP contribution in [0.2, 0.25) is 0 Å². The lowest BCUT2D eigenvalue weighted by atomic mass is 10.1. The maximum atomic E-state index is 13.7. The van der Waals surface area contributed by atoms with E-state index in [0.29, 0.717) is 11.4 Å². The predicted molar refractivity (Wildman–Crippen MR) is 120 cm³/mol. The monoisotopic (exact) mass is 467 g/mol. The van der Waals surface area contributed by atoms with Crippen LogP contribution in [-0.4, -0.2) is 33.7 Å². The number of methoxy groups -OCH3 is 1. The molecule has 174 valence electrons. The van der Waals surface area contributed by atoms with Crippen LogP contribution in [0.3, 0.4) is 0 Å². The lowest BCUT2D eigenvalue weighted by molar-refractivity contribution is -0.137. The molecule has 1 fully saturated rings. The van der Waals surface area contributed by atoms with Gasteiger partial charge in [0, 0.05) is 23.5 Å². The van der Waals surface area contributed by atoms with Crippen molar-refractivity contribution in [2.75, 3.05) is 12.4 Å². The van der Waals surface area contributed by atoms with Crippen LogP contribution in [0.25, 0.3) is 16.8 Å². The molecule has 0 atom stereocenters. The van der Waals surface area contributed by atoms with E-state index in [-0.39, 0.29) is 17.7 Å². The first-order valence-electron chi connectivity index (χ1n) is 10.6. The molecule has 5 rings (SSSR count). The first-order valence-corrected chi connectivity index (χ1v) is 10.6. The molecule has 0 bridgehead atoms. The fourth-order valence-corrected chi connectivity index (χ4v) is 3.63. The van der Waals surface area contributed by atoms with E-state index in [1.165, 1.54) is 12.1 Å². The molecular formula is C24H20F3N5O2. The van der Waals surface area contributed by atoms with Gasteiger partial charge in [0.05, 0.1) is 18.2 Å². The summed E-state index contributed by atoms with van der Waals surface area (Å²) in [6, 6.07) is 14.5. The molecule has 2 aromatic carbocycles. The van der Waals surface area contributed by atoms with Gasteiger partial charge in [-0.3, -0.25) is 4.79 Å². The van der Waals surface area contributed by atoms with Gasteiger partial charge in [-0.05, 0) is 60.9 Å². The van der Waals surface area contributed by atoms with Crippen molar-refractivity contribution >= 4 is 23.2 Å². The Labute approximate surface area is 192 Å². The maximum absolute atomic E-state index is 13.7. The fourth-order valence-electron chi connectivity index (χ4n) is 3.63. The van der Waals surface area contributed by atoms with Crippen LogP contribution in [0.1, 0.15) is 28.8 Å². The molecule has 2 aromatic heterocycles. The second-order valence-corrected chi connectivity index (χ2v) is 7.98. The van der Waals surface area contributed by atoms with Gasteiger partial charge in [0.2, 0.25) is 5.95 Å². The molecule has 2 heterocycles. The summed E-state index contributed by atoms with van der Waals surface area (Å²) in [5, 5.41) is 9.76. The molecule has 4 aromatic rings. The van der Waals surface area contributed by atoms with E-state index in [1.807, 2.05) is 30.3 Å². The SMILES string of the molecule is COc1ccc(-c2cccn3nc(Nc4ccc(C(=O)NC5CC5)c(C(F)(F)F)c4)nc23)cc1. The number of pyridine rings is 1. The van der Waals surface area contributed by atoms with Gasteiger partial charge < -0.3 is 15.4 Å². The second kappa shape index (κ2) is 8.36.